The van der Waals surface area contributed by atoms with E-state index in [2.05, 4.69) is 19.2 Å². The predicted molar refractivity (Wildman–Crippen MR) is 118 cm³/mol. The largest absolute Gasteiger partial charge is 0.490 e. The van der Waals surface area contributed by atoms with Crippen LogP contribution in [-0.2, 0) is 9.59 Å². The van der Waals surface area contributed by atoms with Crippen LogP contribution >= 0.6 is 0 Å². The summed E-state index contributed by atoms with van der Waals surface area (Å²) in [7, 11) is 0. The summed E-state index contributed by atoms with van der Waals surface area (Å²) in [5.74, 6) is 1.51. The van der Waals surface area contributed by atoms with Crippen molar-refractivity contribution in [3.63, 3.8) is 0 Å². The summed E-state index contributed by atoms with van der Waals surface area (Å²) in [5.41, 5.74) is 0.722. The molecule has 2 amide bonds. The molecule has 0 aliphatic carbocycles. The van der Waals surface area contributed by atoms with Crippen LogP contribution in [0.25, 0.3) is 0 Å². The number of amides is 2. The molecule has 1 aliphatic heterocycles. The maximum atomic E-state index is 13.1. The van der Waals surface area contributed by atoms with Crippen molar-refractivity contribution in [1.82, 2.24) is 0 Å². The van der Waals surface area contributed by atoms with Crippen molar-refractivity contribution in [3.05, 3.63) is 48.5 Å². The Morgan fingerprint density at radius 2 is 1.93 bits per heavy atom. The van der Waals surface area contributed by atoms with Crippen LogP contribution in [0.2, 0.25) is 0 Å². The van der Waals surface area contributed by atoms with E-state index in [-0.39, 0.29) is 25.0 Å². The second-order valence-corrected chi connectivity index (χ2v) is 8.64. The zero-order valence-electron chi connectivity index (χ0n) is 18.1. The predicted octanol–water partition coefficient (Wildman–Crippen LogP) is 4.50. The fourth-order valence-electron chi connectivity index (χ4n) is 3.20. The molecule has 0 radical (unpaired) electrons. The van der Waals surface area contributed by atoms with Crippen molar-refractivity contribution >= 4 is 23.2 Å². The summed E-state index contributed by atoms with van der Waals surface area (Å²) in [5, 5.41) is 2.83. The molecule has 160 valence electrons. The monoisotopic (exact) mass is 410 g/mol. The number of ether oxygens (including phenoxy) is 2. The Morgan fingerprint density at radius 1 is 1.20 bits per heavy atom. The highest BCUT2D eigenvalue weighted by molar-refractivity contribution is 6.00. The van der Waals surface area contributed by atoms with Crippen LogP contribution in [0.15, 0.2) is 48.5 Å². The number of nitrogens with zero attached hydrogens (tertiary/aromatic N) is 1. The van der Waals surface area contributed by atoms with Gasteiger partial charge in [-0.1, -0.05) is 32.0 Å². The highest BCUT2D eigenvalue weighted by Crippen LogP contribution is 2.38. The number of nitrogens with one attached hydrogen (secondary N) is 1. The highest BCUT2D eigenvalue weighted by atomic mass is 16.5. The summed E-state index contributed by atoms with van der Waals surface area (Å²) in [4.78, 5) is 27.2. The summed E-state index contributed by atoms with van der Waals surface area (Å²) in [6, 6.07) is 14.6. The first-order valence-electron chi connectivity index (χ1n) is 10.3. The molecule has 2 aromatic rings. The molecule has 6 heteroatoms. The first-order chi connectivity index (χ1) is 14.3. The highest BCUT2D eigenvalue weighted by Gasteiger charge is 2.37. The zero-order valence-corrected chi connectivity index (χ0v) is 18.1. The Bertz CT molecular complexity index is 893. The van der Waals surface area contributed by atoms with Crippen molar-refractivity contribution in [2.24, 2.45) is 11.3 Å². The number of hydrogen-bond donors (Lipinski definition) is 1. The van der Waals surface area contributed by atoms with Gasteiger partial charge in [0.2, 0.25) is 5.91 Å². The van der Waals surface area contributed by atoms with Crippen LogP contribution in [0.1, 0.15) is 34.1 Å². The van der Waals surface area contributed by atoms with Gasteiger partial charge in [0.1, 0.15) is 18.1 Å². The molecule has 0 unspecified atom stereocenters. The molecule has 0 saturated carbocycles. The molecule has 0 atom stereocenters. The average molecular weight is 411 g/mol. The van der Waals surface area contributed by atoms with Crippen LogP contribution in [0.3, 0.4) is 0 Å². The van der Waals surface area contributed by atoms with Gasteiger partial charge in [-0.2, -0.15) is 0 Å². The van der Waals surface area contributed by atoms with E-state index in [0.717, 1.165) is 12.1 Å². The fraction of sp³-hybridized carbons (Fsp3) is 0.417. The van der Waals surface area contributed by atoms with E-state index in [1.165, 1.54) is 0 Å². The minimum Gasteiger partial charge on any atom is -0.490 e. The summed E-state index contributed by atoms with van der Waals surface area (Å²) in [6.45, 7) is 8.90. The van der Waals surface area contributed by atoms with Gasteiger partial charge in [-0.3, -0.25) is 9.59 Å². The molecule has 0 bridgehead atoms. The number of anilines is 2. The van der Waals surface area contributed by atoms with Crippen LogP contribution in [0.4, 0.5) is 11.4 Å². The number of benzene rings is 2. The zero-order chi connectivity index (χ0) is 21.7. The fourth-order valence-corrected chi connectivity index (χ4v) is 3.20. The van der Waals surface area contributed by atoms with Crippen LogP contribution < -0.4 is 19.7 Å². The van der Waals surface area contributed by atoms with E-state index in [9.17, 15) is 9.59 Å². The molecule has 0 spiro atoms. The van der Waals surface area contributed by atoms with Crippen molar-refractivity contribution < 1.29 is 19.1 Å². The third kappa shape index (κ3) is 5.32. The molecule has 1 N–H and O–H groups in total. The molecule has 30 heavy (non-hydrogen) atoms. The standard InChI is InChI=1S/C24H30N2O4/c1-17(2)12-13-26-20-11-10-18(14-21(20)30-16-24(3,4)23(26)28)25-22(27)15-29-19-8-6-5-7-9-19/h5-11,14,17H,12-13,15-16H2,1-4H3,(H,25,27). The average Bonchev–Trinajstić information content (AvgIpc) is 2.80. The summed E-state index contributed by atoms with van der Waals surface area (Å²) >= 11 is 0. The number of para-hydroxylation sites is 1. The molecule has 1 aliphatic rings. The van der Waals surface area contributed by atoms with Crippen molar-refractivity contribution in [2.75, 3.05) is 30.0 Å². The minimum absolute atomic E-state index is 0.0509. The molecule has 2 aromatic carbocycles. The van der Waals surface area contributed by atoms with Crippen LogP contribution in [0, 0.1) is 11.3 Å². The van der Waals surface area contributed by atoms with Gasteiger partial charge >= 0.3 is 0 Å². The summed E-state index contributed by atoms with van der Waals surface area (Å²) < 4.78 is 11.5. The van der Waals surface area contributed by atoms with Crippen molar-refractivity contribution in [3.8, 4) is 11.5 Å². The van der Waals surface area contributed by atoms with Gasteiger partial charge in [0.15, 0.2) is 6.61 Å². The minimum atomic E-state index is -0.622. The molecule has 0 aromatic heterocycles. The molecular formula is C24H30N2O4. The van der Waals surface area contributed by atoms with Gasteiger partial charge in [0, 0.05) is 18.3 Å². The molecule has 0 saturated heterocycles. The lowest BCUT2D eigenvalue weighted by Gasteiger charge is -2.28. The van der Waals surface area contributed by atoms with Gasteiger partial charge in [-0.05, 0) is 50.5 Å². The maximum absolute atomic E-state index is 13.1. The smallest absolute Gasteiger partial charge is 0.262 e. The number of carbonyl (C=O) groups is 2. The van der Waals surface area contributed by atoms with E-state index in [1.54, 1.807) is 24.3 Å². The quantitative estimate of drug-likeness (QED) is 0.730. The van der Waals surface area contributed by atoms with Crippen molar-refractivity contribution in [1.29, 1.82) is 0 Å². The SMILES string of the molecule is CC(C)CCN1C(=O)C(C)(C)COc2cc(NC(=O)COc3ccccc3)ccc21. The molecule has 1 heterocycles. The second kappa shape index (κ2) is 9.20. The number of hydrogen-bond acceptors (Lipinski definition) is 4. The second-order valence-electron chi connectivity index (χ2n) is 8.64. The first-order valence-corrected chi connectivity index (χ1v) is 10.3. The van der Waals surface area contributed by atoms with Crippen LogP contribution in [-0.4, -0.2) is 31.6 Å². The third-order valence-electron chi connectivity index (χ3n) is 4.99. The number of fused-ring (bicyclic) bond motifs is 1. The van der Waals surface area contributed by atoms with E-state index < -0.39 is 5.41 Å². The Morgan fingerprint density at radius 3 is 2.63 bits per heavy atom. The molecule has 0 fully saturated rings. The number of carbonyl (C=O) groups excluding carboxylic acids is 2. The van der Waals surface area contributed by atoms with Gasteiger partial charge < -0.3 is 19.7 Å². The van der Waals surface area contributed by atoms with E-state index >= 15 is 0 Å². The van der Waals surface area contributed by atoms with Gasteiger partial charge in [0.25, 0.3) is 5.91 Å². The first kappa shape index (κ1) is 21.7. The topological polar surface area (TPSA) is 67.9 Å². The Labute approximate surface area is 178 Å². The lowest BCUT2D eigenvalue weighted by atomic mass is 9.92. The Balaban J connectivity index is 1.74. The summed E-state index contributed by atoms with van der Waals surface area (Å²) in [6.07, 6.45) is 0.899. The normalized spacial score (nSPS) is 15.2. The van der Waals surface area contributed by atoms with E-state index in [1.807, 2.05) is 43.0 Å². The number of rotatable bonds is 7. The van der Waals surface area contributed by atoms with Crippen molar-refractivity contribution in [2.45, 2.75) is 34.1 Å². The lowest BCUT2D eigenvalue weighted by Crippen LogP contribution is -2.42. The molecule has 6 nitrogen and oxygen atoms in total. The maximum Gasteiger partial charge on any atom is 0.262 e. The van der Waals surface area contributed by atoms with Gasteiger partial charge in [-0.15, -0.1) is 0 Å². The molecule has 3 rings (SSSR count). The van der Waals surface area contributed by atoms with E-state index in [4.69, 9.17) is 9.47 Å². The van der Waals surface area contributed by atoms with Crippen LogP contribution in [0.5, 0.6) is 11.5 Å². The Hall–Kier alpha value is -3.02. The molecular weight excluding hydrogens is 380 g/mol. The Kier molecular flexibility index (Phi) is 6.65. The van der Waals surface area contributed by atoms with Gasteiger partial charge in [-0.25, -0.2) is 0 Å². The lowest BCUT2D eigenvalue weighted by molar-refractivity contribution is -0.127. The van der Waals surface area contributed by atoms with Gasteiger partial charge in [0.05, 0.1) is 11.1 Å². The van der Waals surface area contributed by atoms with E-state index in [0.29, 0.717) is 29.6 Å². The third-order valence-corrected chi connectivity index (χ3v) is 4.99.